The van der Waals surface area contributed by atoms with Gasteiger partial charge in [-0.2, -0.15) is 17.0 Å². The Balaban J connectivity index is 1.60. The van der Waals surface area contributed by atoms with Gasteiger partial charge in [-0.25, -0.2) is 0 Å². The molecular formula is C32H29Cl2N3OS. The molecule has 2 aliphatic rings. The Hall–Kier alpha value is -3.17. The molecule has 1 heterocycles. The first-order chi connectivity index (χ1) is 18.8. The van der Waals surface area contributed by atoms with Crippen LogP contribution in [0.5, 0.6) is 0 Å². The summed E-state index contributed by atoms with van der Waals surface area (Å²) in [5.41, 5.74) is 14.9. The highest BCUT2D eigenvalue weighted by atomic mass is 35.5. The fraction of sp³-hybridized carbons (Fsp3) is 0.250. The molecule has 5 rings (SSSR count). The fourth-order valence-corrected chi connectivity index (χ4v) is 7.14. The summed E-state index contributed by atoms with van der Waals surface area (Å²) in [7, 11) is 0. The average Bonchev–Trinajstić information content (AvgIpc) is 2.91. The lowest BCUT2D eigenvalue weighted by molar-refractivity contribution is -0.116. The van der Waals surface area contributed by atoms with E-state index in [0.29, 0.717) is 45.5 Å². The average molecular weight is 575 g/mol. The number of anilines is 1. The van der Waals surface area contributed by atoms with Crippen LogP contribution in [0.4, 0.5) is 5.69 Å². The summed E-state index contributed by atoms with van der Waals surface area (Å²) in [4.78, 5) is 15.4. The van der Waals surface area contributed by atoms with Gasteiger partial charge in [-0.05, 0) is 67.1 Å². The highest BCUT2D eigenvalue weighted by Gasteiger charge is 2.41. The zero-order valence-corrected chi connectivity index (χ0v) is 24.3. The molecule has 0 saturated carbocycles. The summed E-state index contributed by atoms with van der Waals surface area (Å²) in [5, 5.41) is 11.4. The molecule has 1 atom stereocenters. The Kier molecular flexibility index (Phi) is 8.09. The van der Waals surface area contributed by atoms with Crippen molar-refractivity contribution in [2.75, 3.05) is 4.90 Å². The van der Waals surface area contributed by atoms with Crippen LogP contribution in [0, 0.1) is 25.2 Å². The molecule has 0 amide bonds. The number of benzene rings is 3. The number of allylic oxidation sites excluding steroid dienone is 3. The third-order valence-corrected chi connectivity index (χ3v) is 9.03. The van der Waals surface area contributed by atoms with Crippen LogP contribution < -0.4 is 10.6 Å². The minimum absolute atomic E-state index is 0.0532. The van der Waals surface area contributed by atoms with Gasteiger partial charge in [0.2, 0.25) is 0 Å². The van der Waals surface area contributed by atoms with Crippen LogP contribution in [0.15, 0.2) is 83.3 Å². The van der Waals surface area contributed by atoms with Gasteiger partial charge < -0.3 is 5.73 Å². The predicted octanol–water partition coefficient (Wildman–Crippen LogP) is 8.35. The van der Waals surface area contributed by atoms with Crippen LogP contribution in [0.25, 0.3) is 0 Å². The number of carbonyl (C=O) groups excluding carboxylic acids is 1. The van der Waals surface area contributed by atoms with E-state index in [4.69, 9.17) is 28.9 Å². The van der Waals surface area contributed by atoms with Gasteiger partial charge in [0, 0.05) is 34.2 Å². The van der Waals surface area contributed by atoms with Crippen molar-refractivity contribution in [2.24, 2.45) is 5.73 Å². The second-order valence-corrected chi connectivity index (χ2v) is 11.9. The second-order valence-electron chi connectivity index (χ2n) is 10.0. The van der Waals surface area contributed by atoms with Gasteiger partial charge in [-0.15, -0.1) is 0 Å². The largest absolute Gasteiger partial charge is 0.384 e. The Morgan fingerprint density at radius 2 is 1.82 bits per heavy atom. The number of hydrogen-bond acceptors (Lipinski definition) is 5. The normalized spacial score (nSPS) is 17.4. The summed E-state index contributed by atoms with van der Waals surface area (Å²) in [5.74, 6) is 1.58. The summed E-state index contributed by atoms with van der Waals surface area (Å²) in [6, 6.07) is 22.3. The van der Waals surface area contributed by atoms with Crippen molar-refractivity contribution in [2.45, 2.75) is 50.5 Å². The second kappa shape index (κ2) is 11.5. The number of halogens is 2. The summed E-state index contributed by atoms with van der Waals surface area (Å²) < 4.78 is 0. The molecule has 0 radical (unpaired) electrons. The zero-order valence-electron chi connectivity index (χ0n) is 21.9. The van der Waals surface area contributed by atoms with Crippen molar-refractivity contribution >= 4 is 46.4 Å². The lowest BCUT2D eigenvalue weighted by Crippen LogP contribution is -2.39. The number of rotatable bonds is 6. The summed E-state index contributed by atoms with van der Waals surface area (Å²) in [6.07, 6.45) is 1.83. The maximum Gasteiger partial charge on any atom is 0.161 e. The van der Waals surface area contributed by atoms with E-state index in [1.54, 1.807) is 23.1 Å². The molecule has 0 aromatic heterocycles. The highest BCUT2D eigenvalue weighted by Crippen LogP contribution is 2.48. The van der Waals surface area contributed by atoms with Crippen molar-refractivity contribution < 1.29 is 4.79 Å². The molecule has 198 valence electrons. The van der Waals surface area contributed by atoms with Crippen LogP contribution in [-0.4, -0.2) is 5.78 Å². The number of Topliss-reactive ketones (excluding diaryl/α,β-unsaturated/α-hetero) is 1. The molecule has 1 aliphatic heterocycles. The Bertz CT molecular complexity index is 1560. The van der Waals surface area contributed by atoms with Crippen molar-refractivity contribution in [3.63, 3.8) is 0 Å². The minimum Gasteiger partial charge on any atom is -0.384 e. The Morgan fingerprint density at radius 3 is 2.54 bits per heavy atom. The van der Waals surface area contributed by atoms with Crippen LogP contribution in [0.2, 0.25) is 10.0 Å². The summed E-state index contributed by atoms with van der Waals surface area (Å²) in [6.45, 7) is 4.16. The molecule has 2 N–H and O–H groups in total. The number of thioether (sulfide) groups is 1. The van der Waals surface area contributed by atoms with Crippen molar-refractivity contribution in [1.82, 2.24) is 0 Å². The standard InChI is InChI=1S/C32H29Cl2N3OS/c1-19-13-22(18-39-17-21-7-4-3-5-8-21)20(2)24(14-19)30-25(16-35)32(36)37(27-12-11-23(33)15-26(27)34)28-9-6-10-29(38)31(28)30/h3-5,7-8,11-15,30H,6,9-10,17-18,36H2,1-2H3. The van der Waals surface area contributed by atoms with Gasteiger partial charge >= 0.3 is 0 Å². The van der Waals surface area contributed by atoms with E-state index in [-0.39, 0.29) is 5.78 Å². The van der Waals surface area contributed by atoms with E-state index in [9.17, 15) is 10.1 Å². The van der Waals surface area contributed by atoms with Crippen LogP contribution in [-0.2, 0) is 16.3 Å². The molecule has 0 saturated heterocycles. The van der Waals surface area contributed by atoms with Crippen LogP contribution >= 0.6 is 35.0 Å². The Morgan fingerprint density at radius 1 is 1.05 bits per heavy atom. The van der Waals surface area contributed by atoms with Gasteiger partial charge in [-0.3, -0.25) is 9.69 Å². The molecule has 3 aromatic carbocycles. The lowest BCUT2D eigenvalue weighted by atomic mass is 9.73. The molecule has 0 fully saturated rings. The first kappa shape index (κ1) is 27.4. The van der Waals surface area contributed by atoms with Gasteiger partial charge in [0.25, 0.3) is 0 Å². The topological polar surface area (TPSA) is 70.1 Å². The maximum atomic E-state index is 13.6. The van der Waals surface area contributed by atoms with Crippen molar-refractivity contribution in [1.29, 1.82) is 5.26 Å². The predicted molar refractivity (Wildman–Crippen MR) is 162 cm³/mol. The number of nitriles is 1. The number of hydrogen-bond donors (Lipinski definition) is 1. The lowest BCUT2D eigenvalue weighted by Gasteiger charge is -2.40. The third kappa shape index (κ3) is 5.34. The SMILES string of the molecule is Cc1cc(CSCc2ccccc2)c(C)c(C2C(C#N)=C(N)N(c3ccc(Cl)cc3Cl)C3=C2C(=O)CCC3)c1. The molecule has 7 heteroatoms. The monoisotopic (exact) mass is 573 g/mol. The van der Waals surface area contributed by atoms with E-state index < -0.39 is 5.92 Å². The maximum absolute atomic E-state index is 13.6. The number of carbonyl (C=O) groups is 1. The molecule has 0 bridgehead atoms. The minimum atomic E-state index is -0.516. The van der Waals surface area contributed by atoms with Gasteiger partial charge in [0.1, 0.15) is 5.82 Å². The number of nitrogens with two attached hydrogens (primary N) is 1. The molecule has 1 aliphatic carbocycles. The van der Waals surface area contributed by atoms with Crippen LogP contribution in [0.1, 0.15) is 53.0 Å². The molecule has 39 heavy (non-hydrogen) atoms. The van der Waals surface area contributed by atoms with Gasteiger partial charge in [0.05, 0.1) is 28.3 Å². The molecular weight excluding hydrogens is 545 g/mol. The van der Waals surface area contributed by atoms with E-state index in [2.05, 4.69) is 56.3 Å². The smallest absolute Gasteiger partial charge is 0.161 e. The molecule has 0 spiro atoms. The molecule has 3 aromatic rings. The van der Waals surface area contributed by atoms with E-state index in [0.717, 1.165) is 40.3 Å². The molecule has 1 unspecified atom stereocenters. The first-order valence-electron chi connectivity index (χ1n) is 12.9. The van der Waals surface area contributed by atoms with E-state index in [1.807, 2.05) is 17.8 Å². The summed E-state index contributed by atoms with van der Waals surface area (Å²) >= 11 is 14.6. The van der Waals surface area contributed by atoms with Crippen molar-refractivity contribution in [3.05, 3.63) is 121 Å². The number of nitrogens with zero attached hydrogens (tertiary/aromatic N) is 2. The highest BCUT2D eigenvalue weighted by molar-refractivity contribution is 7.97. The van der Waals surface area contributed by atoms with E-state index >= 15 is 0 Å². The zero-order chi connectivity index (χ0) is 27.7. The third-order valence-electron chi connectivity index (χ3n) is 7.44. The van der Waals surface area contributed by atoms with Gasteiger partial charge in [-0.1, -0.05) is 71.2 Å². The molecule has 4 nitrogen and oxygen atoms in total. The number of ketones is 1. The van der Waals surface area contributed by atoms with Crippen LogP contribution in [0.3, 0.4) is 0 Å². The van der Waals surface area contributed by atoms with Crippen molar-refractivity contribution in [3.8, 4) is 6.07 Å². The number of aryl methyl sites for hydroxylation is 1. The van der Waals surface area contributed by atoms with E-state index in [1.165, 1.54) is 11.1 Å². The fourth-order valence-electron chi connectivity index (χ4n) is 5.60. The Labute approximate surface area is 244 Å². The first-order valence-corrected chi connectivity index (χ1v) is 14.8. The quantitative estimate of drug-likeness (QED) is 0.320. The van der Waals surface area contributed by atoms with Gasteiger partial charge in [0.15, 0.2) is 5.78 Å².